The molecule has 58 valence electrons. The van der Waals surface area contributed by atoms with Crippen LogP contribution in [0.5, 0.6) is 0 Å². The molecule has 11 heavy (non-hydrogen) atoms. The zero-order chi connectivity index (χ0) is 7.84. The highest BCUT2D eigenvalue weighted by Gasteiger charge is 2.36. The summed E-state index contributed by atoms with van der Waals surface area (Å²) in [5.74, 6) is 0.726. The first-order chi connectivity index (χ1) is 5.29. The van der Waals surface area contributed by atoms with Gasteiger partial charge in [0.2, 0.25) is 0 Å². The molecule has 0 radical (unpaired) electrons. The second kappa shape index (κ2) is 2.94. The molecule has 1 fully saturated rings. The third-order valence-corrected chi connectivity index (χ3v) is 3.74. The molecule has 1 aromatic rings. The first kappa shape index (κ1) is 7.87. The van der Waals surface area contributed by atoms with Gasteiger partial charge in [0.15, 0.2) is 0 Å². The summed E-state index contributed by atoms with van der Waals surface area (Å²) in [6.07, 6.45) is 1.30. The fourth-order valence-electron chi connectivity index (χ4n) is 1.26. The van der Waals surface area contributed by atoms with Crippen LogP contribution in [0.2, 0.25) is 5.02 Å². The van der Waals surface area contributed by atoms with Crippen LogP contribution in [0.4, 0.5) is 0 Å². The van der Waals surface area contributed by atoms with Crippen molar-refractivity contribution in [3.05, 3.63) is 34.9 Å². The highest BCUT2D eigenvalue weighted by Crippen LogP contribution is 2.48. The fraction of sp³-hybridized carbons (Fsp3) is 0.333. The second-order valence-electron chi connectivity index (χ2n) is 2.88. The molecule has 0 heterocycles. The van der Waals surface area contributed by atoms with Crippen molar-refractivity contribution in [2.75, 3.05) is 0 Å². The summed E-state index contributed by atoms with van der Waals surface area (Å²) >= 11 is 8.50. The molecule has 2 atom stereocenters. The summed E-state index contributed by atoms with van der Waals surface area (Å²) in [4.78, 5) is 0. The van der Waals surface area contributed by atoms with Gasteiger partial charge in [-0.15, -0.1) is 0 Å². The van der Waals surface area contributed by atoms with Gasteiger partial charge in [-0.1, -0.05) is 52.4 Å². The summed E-state index contributed by atoms with van der Waals surface area (Å²) in [5.41, 5.74) is 1.33. The van der Waals surface area contributed by atoms with E-state index >= 15 is 0 Å². The number of hydrogen-bond donors (Lipinski definition) is 0. The molecule has 0 aromatic heterocycles. The van der Waals surface area contributed by atoms with Gasteiger partial charge in [-0.05, 0) is 24.0 Å². The Kier molecular flexibility index (Phi) is 2.10. The van der Waals surface area contributed by atoms with Crippen molar-refractivity contribution >= 4 is 34.2 Å². The Hall–Kier alpha value is 0.240. The summed E-state index contributed by atoms with van der Waals surface area (Å²) in [7, 11) is 0. The number of benzene rings is 1. The van der Waals surface area contributed by atoms with Gasteiger partial charge in [0.1, 0.15) is 0 Å². The Morgan fingerprint density at radius 1 is 1.36 bits per heavy atom. The van der Waals surface area contributed by atoms with Crippen LogP contribution < -0.4 is 0 Å². The highest BCUT2D eigenvalue weighted by molar-refractivity contribution is 14.1. The first-order valence-corrected chi connectivity index (χ1v) is 5.30. The third-order valence-electron chi connectivity index (χ3n) is 2.02. The van der Waals surface area contributed by atoms with Crippen molar-refractivity contribution in [1.82, 2.24) is 0 Å². The number of hydrogen-bond acceptors (Lipinski definition) is 0. The number of halogens is 2. The Bertz CT molecular complexity index is 272. The maximum atomic E-state index is 6.02. The third kappa shape index (κ3) is 1.54. The van der Waals surface area contributed by atoms with Gasteiger partial charge < -0.3 is 0 Å². The van der Waals surface area contributed by atoms with Gasteiger partial charge >= 0.3 is 0 Å². The maximum absolute atomic E-state index is 6.02. The topological polar surface area (TPSA) is 0 Å². The van der Waals surface area contributed by atoms with Crippen LogP contribution in [0.1, 0.15) is 17.9 Å². The van der Waals surface area contributed by atoms with Crippen molar-refractivity contribution < 1.29 is 0 Å². The molecule has 1 unspecified atom stereocenters. The Morgan fingerprint density at radius 3 is 2.55 bits per heavy atom. The largest absolute Gasteiger partial charge is 0.0840 e. The molecule has 2 heteroatoms. The Balaban J connectivity index is 2.31. The van der Waals surface area contributed by atoms with Gasteiger partial charge in [-0.2, -0.15) is 0 Å². The van der Waals surface area contributed by atoms with Crippen LogP contribution in [-0.4, -0.2) is 3.92 Å². The molecule has 0 nitrogen and oxygen atoms in total. The predicted molar refractivity (Wildman–Crippen MR) is 56.6 cm³/mol. The Labute approximate surface area is 85.1 Å². The normalized spacial score (nSPS) is 28.5. The molecule has 2 rings (SSSR count). The van der Waals surface area contributed by atoms with E-state index in [1.165, 1.54) is 12.0 Å². The molecule has 1 aromatic carbocycles. The lowest BCUT2D eigenvalue weighted by molar-refractivity contribution is 1.14. The zero-order valence-corrected chi connectivity index (χ0v) is 8.84. The van der Waals surface area contributed by atoms with E-state index < -0.39 is 0 Å². The van der Waals surface area contributed by atoms with Gasteiger partial charge in [0.05, 0.1) is 0 Å². The average molecular weight is 279 g/mol. The van der Waals surface area contributed by atoms with Crippen molar-refractivity contribution in [3.8, 4) is 0 Å². The van der Waals surface area contributed by atoms with Crippen molar-refractivity contribution in [3.63, 3.8) is 0 Å². The van der Waals surface area contributed by atoms with E-state index in [0.29, 0.717) is 0 Å². The minimum absolute atomic E-state index is 0.726. The van der Waals surface area contributed by atoms with Gasteiger partial charge in [-0.3, -0.25) is 0 Å². The molecule has 0 saturated heterocycles. The molecule has 1 aliphatic rings. The second-order valence-corrected chi connectivity index (χ2v) is 4.89. The molecule has 1 saturated carbocycles. The van der Waals surface area contributed by atoms with Crippen LogP contribution in [0.3, 0.4) is 0 Å². The van der Waals surface area contributed by atoms with E-state index in [-0.39, 0.29) is 0 Å². The molecule has 0 spiro atoms. The van der Waals surface area contributed by atoms with Crippen molar-refractivity contribution in [2.45, 2.75) is 16.3 Å². The Morgan fingerprint density at radius 2 is 2.00 bits per heavy atom. The van der Waals surface area contributed by atoms with E-state index in [1.807, 2.05) is 12.1 Å². The smallest absolute Gasteiger partial charge is 0.0441 e. The van der Waals surface area contributed by atoms with Gasteiger partial charge in [0, 0.05) is 8.95 Å². The predicted octanol–water partition coefficient (Wildman–Crippen LogP) is 3.63. The van der Waals surface area contributed by atoms with Crippen LogP contribution in [0.25, 0.3) is 0 Å². The van der Waals surface area contributed by atoms with E-state index in [9.17, 15) is 0 Å². The molecule has 0 bridgehead atoms. The minimum Gasteiger partial charge on any atom is -0.0840 e. The standard InChI is InChI=1S/C9H8ClI/c10-8-4-2-1-3-6(8)7-5-9(7)11/h1-4,7,9H,5H2/t7-,9?/m0/s1. The van der Waals surface area contributed by atoms with E-state index in [0.717, 1.165) is 14.9 Å². The zero-order valence-electron chi connectivity index (χ0n) is 5.93. The molecular weight excluding hydrogens is 270 g/mol. The SMILES string of the molecule is Clc1ccccc1[C@@H]1CC1I. The maximum Gasteiger partial charge on any atom is 0.0441 e. The van der Waals surface area contributed by atoms with Gasteiger partial charge in [0.25, 0.3) is 0 Å². The van der Waals surface area contributed by atoms with E-state index in [4.69, 9.17) is 11.6 Å². The molecular formula is C9H8ClI. The van der Waals surface area contributed by atoms with Crippen molar-refractivity contribution in [1.29, 1.82) is 0 Å². The molecule has 0 aliphatic heterocycles. The summed E-state index contributed by atoms with van der Waals surface area (Å²) < 4.78 is 0.812. The average Bonchev–Trinajstić information content (AvgIpc) is 2.68. The lowest BCUT2D eigenvalue weighted by atomic mass is 10.1. The van der Waals surface area contributed by atoms with Crippen LogP contribution in [0, 0.1) is 0 Å². The van der Waals surface area contributed by atoms with Gasteiger partial charge in [-0.25, -0.2) is 0 Å². The van der Waals surface area contributed by atoms with E-state index in [1.54, 1.807) is 0 Å². The summed E-state index contributed by atoms with van der Waals surface area (Å²) in [6, 6.07) is 8.14. The number of rotatable bonds is 1. The number of alkyl halides is 1. The summed E-state index contributed by atoms with van der Waals surface area (Å²) in [6.45, 7) is 0. The quantitative estimate of drug-likeness (QED) is 0.543. The van der Waals surface area contributed by atoms with Crippen LogP contribution >= 0.6 is 34.2 Å². The lowest BCUT2D eigenvalue weighted by Crippen LogP contribution is -1.81. The monoisotopic (exact) mass is 278 g/mol. The minimum atomic E-state index is 0.726. The van der Waals surface area contributed by atoms with Crippen LogP contribution in [-0.2, 0) is 0 Å². The molecule has 0 N–H and O–H groups in total. The van der Waals surface area contributed by atoms with E-state index in [2.05, 4.69) is 34.7 Å². The summed E-state index contributed by atoms with van der Waals surface area (Å²) in [5, 5.41) is 0.927. The lowest BCUT2D eigenvalue weighted by Gasteiger charge is -1.99. The fourth-order valence-corrected chi connectivity index (χ4v) is 2.47. The van der Waals surface area contributed by atoms with Crippen molar-refractivity contribution in [2.24, 2.45) is 0 Å². The highest BCUT2D eigenvalue weighted by atomic mass is 127. The first-order valence-electron chi connectivity index (χ1n) is 3.67. The molecule has 1 aliphatic carbocycles. The van der Waals surface area contributed by atoms with Crippen LogP contribution in [0.15, 0.2) is 24.3 Å². The molecule has 0 amide bonds.